The molecule has 0 amide bonds. The Morgan fingerprint density at radius 3 is 2.52 bits per heavy atom. The van der Waals surface area contributed by atoms with Crippen LogP contribution in [0.5, 0.6) is 0 Å². The van der Waals surface area contributed by atoms with Crippen molar-refractivity contribution in [1.29, 1.82) is 0 Å². The number of hydrogen-bond acceptors (Lipinski definition) is 3. The van der Waals surface area contributed by atoms with Crippen molar-refractivity contribution >= 4 is 15.8 Å². The van der Waals surface area contributed by atoms with Crippen molar-refractivity contribution in [3.05, 3.63) is 29.8 Å². The van der Waals surface area contributed by atoms with E-state index < -0.39 is 10.0 Å². The van der Waals surface area contributed by atoms with Gasteiger partial charge in [-0.15, -0.1) is 0 Å². The number of rotatable bonds is 7. The van der Waals surface area contributed by atoms with Crippen LogP contribution in [0.1, 0.15) is 49.4 Å². The van der Waals surface area contributed by atoms with Crippen molar-refractivity contribution in [3.8, 4) is 0 Å². The average Bonchev–Trinajstić information content (AvgIpc) is 3.37. The first-order valence-electron chi connectivity index (χ1n) is 7.67. The molecule has 0 atom stereocenters. The Bertz CT molecular complexity index is 645. The van der Waals surface area contributed by atoms with Gasteiger partial charge in [0, 0.05) is 24.6 Å². The fourth-order valence-corrected chi connectivity index (χ4v) is 4.34. The number of benzene rings is 1. The van der Waals surface area contributed by atoms with E-state index >= 15 is 0 Å². The summed E-state index contributed by atoms with van der Waals surface area (Å²) in [7, 11) is -3.48. The monoisotopic (exact) mass is 307 g/mol. The molecule has 1 aromatic rings. The molecule has 0 aromatic heterocycles. The molecule has 114 valence electrons. The summed E-state index contributed by atoms with van der Waals surface area (Å²) < 4.78 is 27.4. The molecule has 2 saturated carbocycles. The molecule has 1 aromatic carbocycles. The first-order valence-corrected chi connectivity index (χ1v) is 9.11. The van der Waals surface area contributed by atoms with E-state index in [2.05, 4.69) is 0 Å². The van der Waals surface area contributed by atoms with Crippen LogP contribution in [-0.4, -0.2) is 31.1 Å². The minimum absolute atomic E-state index is 0.0211. The van der Waals surface area contributed by atoms with E-state index in [0.29, 0.717) is 24.4 Å². The van der Waals surface area contributed by atoms with Crippen LogP contribution in [0.25, 0.3) is 0 Å². The highest BCUT2D eigenvalue weighted by atomic mass is 32.2. The molecular formula is C16H21NO3S. The van der Waals surface area contributed by atoms with Crippen molar-refractivity contribution in [2.45, 2.75) is 50.0 Å². The second-order valence-corrected chi connectivity index (χ2v) is 7.94. The summed E-state index contributed by atoms with van der Waals surface area (Å²) in [5.74, 6) is 0.507. The molecule has 0 unspecified atom stereocenters. The maximum atomic E-state index is 12.9. The smallest absolute Gasteiger partial charge is 0.243 e. The largest absolute Gasteiger partial charge is 0.294 e. The maximum Gasteiger partial charge on any atom is 0.243 e. The van der Waals surface area contributed by atoms with Gasteiger partial charge in [0.05, 0.1) is 4.90 Å². The summed E-state index contributed by atoms with van der Waals surface area (Å²) in [6.07, 6.45) is 4.57. The Hall–Kier alpha value is -1.20. The van der Waals surface area contributed by atoms with Gasteiger partial charge in [0.2, 0.25) is 10.0 Å². The summed E-state index contributed by atoms with van der Waals surface area (Å²) in [6, 6.07) is 6.65. The standard InChI is InChI=1S/C16H21NO3S/c1-2-16(18)13-4-3-5-15(10-13)21(19,20)17(14-8-9-14)11-12-6-7-12/h3-5,10,12,14H,2,6-9,11H2,1H3. The molecule has 3 rings (SSSR count). The first-order chi connectivity index (χ1) is 10.0. The van der Waals surface area contributed by atoms with Gasteiger partial charge in [0.1, 0.15) is 0 Å². The van der Waals surface area contributed by atoms with Crippen LogP contribution in [0.4, 0.5) is 0 Å². The molecular weight excluding hydrogens is 286 g/mol. The fourth-order valence-electron chi connectivity index (χ4n) is 2.53. The number of carbonyl (C=O) groups excluding carboxylic acids is 1. The lowest BCUT2D eigenvalue weighted by Gasteiger charge is -2.22. The fraction of sp³-hybridized carbons (Fsp3) is 0.562. The number of carbonyl (C=O) groups is 1. The molecule has 0 saturated heterocycles. The van der Waals surface area contributed by atoms with Gasteiger partial charge < -0.3 is 0 Å². The van der Waals surface area contributed by atoms with E-state index in [1.165, 1.54) is 6.07 Å². The van der Waals surface area contributed by atoms with E-state index in [1.807, 2.05) is 0 Å². The molecule has 0 bridgehead atoms. The molecule has 0 radical (unpaired) electrons. The highest BCUT2D eigenvalue weighted by Gasteiger charge is 2.41. The number of ketones is 1. The highest BCUT2D eigenvalue weighted by Crippen LogP contribution is 2.38. The number of Topliss-reactive ketones (excluding diaryl/α,β-unsaturated/α-hetero) is 1. The second kappa shape index (κ2) is 5.54. The molecule has 0 N–H and O–H groups in total. The predicted octanol–water partition coefficient (Wildman–Crippen LogP) is 2.84. The topological polar surface area (TPSA) is 54.5 Å². The lowest BCUT2D eigenvalue weighted by Crippen LogP contribution is -2.35. The SMILES string of the molecule is CCC(=O)c1cccc(S(=O)(=O)N(CC2CC2)C2CC2)c1. The molecule has 0 heterocycles. The lowest BCUT2D eigenvalue weighted by molar-refractivity contribution is 0.0988. The molecule has 21 heavy (non-hydrogen) atoms. The first kappa shape index (κ1) is 14.7. The summed E-state index contributed by atoms with van der Waals surface area (Å²) in [5.41, 5.74) is 0.487. The molecule has 0 aliphatic heterocycles. The summed E-state index contributed by atoms with van der Waals surface area (Å²) in [4.78, 5) is 12.0. The van der Waals surface area contributed by atoms with Gasteiger partial charge in [0.25, 0.3) is 0 Å². The van der Waals surface area contributed by atoms with E-state index in [9.17, 15) is 13.2 Å². The van der Waals surface area contributed by atoms with Crippen molar-refractivity contribution < 1.29 is 13.2 Å². The molecule has 2 fully saturated rings. The zero-order valence-corrected chi connectivity index (χ0v) is 13.1. The van der Waals surface area contributed by atoms with Crippen LogP contribution in [0.15, 0.2) is 29.2 Å². The van der Waals surface area contributed by atoms with E-state index in [0.717, 1.165) is 25.7 Å². The van der Waals surface area contributed by atoms with Crippen molar-refractivity contribution in [2.24, 2.45) is 5.92 Å². The van der Waals surface area contributed by atoms with Crippen LogP contribution in [0.3, 0.4) is 0 Å². The molecule has 5 heteroatoms. The minimum atomic E-state index is -3.48. The third kappa shape index (κ3) is 3.19. The zero-order valence-electron chi connectivity index (χ0n) is 12.3. The van der Waals surface area contributed by atoms with E-state index in [1.54, 1.807) is 29.4 Å². The normalized spacial score (nSPS) is 19.0. The maximum absolute atomic E-state index is 12.9. The molecule has 2 aliphatic carbocycles. The molecule has 0 spiro atoms. The second-order valence-electron chi connectivity index (χ2n) is 6.05. The number of hydrogen-bond donors (Lipinski definition) is 0. The Morgan fingerprint density at radius 2 is 1.95 bits per heavy atom. The Labute approximate surface area is 126 Å². The predicted molar refractivity (Wildman–Crippen MR) is 80.7 cm³/mol. The summed E-state index contributed by atoms with van der Waals surface area (Å²) in [5, 5.41) is 0. The number of sulfonamides is 1. The third-order valence-corrected chi connectivity index (χ3v) is 6.09. The summed E-state index contributed by atoms with van der Waals surface area (Å²) in [6.45, 7) is 2.42. The van der Waals surface area contributed by atoms with Crippen LogP contribution in [0, 0.1) is 5.92 Å². The van der Waals surface area contributed by atoms with E-state index in [-0.39, 0.29) is 16.7 Å². The third-order valence-electron chi connectivity index (χ3n) is 4.17. The number of nitrogens with zero attached hydrogens (tertiary/aromatic N) is 1. The van der Waals surface area contributed by atoms with Gasteiger partial charge in [-0.2, -0.15) is 4.31 Å². The minimum Gasteiger partial charge on any atom is -0.294 e. The van der Waals surface area contributed by atoms with Crippen LogP contribution in [-0.2, 0) is 10.0 Å². The van der Waals surface area contributed by atoms with Crippen LogP contribution in [0.2, 0.25) is 0 Å². The Balaban J connectivity index is 1.90. The van der Waals surface area contributed by atoms with Crippen LogP contribution < -0.4 is 0 Å². The van der Waals surface area contributed by atoms with Crippen molar-refractivity contribution in [1.82, 2.24) is 4.31 Å². The van der Waals surface area contributed by atoms with Crippen molar-refractivity contribution in [2.75, 3.05) is 6.54 Å². The van der Waals surface area contributed by atoms with Gasteiger partial charge in [-0.25, -0.2) is 8.42 Å². The lowest BCUT2D eigenvalue weighted by atomic mass is 10.1. The molecule has 4 nitrogen and oxygen atoms in total. The summed E-state index contributed by atoms with van der Waals surface area (Å²) >= 11 is 0. The zero-order chi connectivity index (χ0) is 15.0. The van der Waals surface area contributed by atoms with Gasteiger partial charge in [-0.05, 0) is 43.7 Å². The average molecular weight is 307 g/mol. The highest BCUT2D eigenvalue weighted by molar-refractivity contribution is 7.89. The Morgan fingerprint density at radius 1 is 1.24 bits per heavy atom. The quantitative estimate of drug-likeness (QED) is 0.728. The molecule has 2 aliphatic rings. The van der Waals surface area contributed by atoms with Gasteiger partial charge >= 0.3 is 0 Å². The van der Waals surface area contributed by atoms with Crippen molar-refractivity contribution in [3.63, 3.8) is 0 Å². The van der Waals surface area contributed by atoms with E-state index in [4.69, 9.17) is 0 Å². The van der Waals surface area contributed by atoms with Gasteiger partial charge in [-0.3, -0.25) is 4.79 Å². The Kier molecular flexibility index (Phi) is 3.88. The van der Waals surface area contributed by atoms with Crippen LogP contribution >= 0.6 is 0 Å². The van der Waals surface area contributed by atoms with Gasteiger partial charge in [-0.1, -0.05) is 19.1 Å². The van der Waals surface area contributed by atoms with Gasteiger partial charge in [0.15, 0.2) is 5.78 Å².